The maximum atomic E-state index is 11.1. The fourth-order valence-electron chi connectivity index (χ4n) is 1.04. The summed E-state index contributed by atoms with van der Waals surface area (Å²) in [5, 5.41) is 0.250. The van der Waals surface area contributed by atoms with Crippen molar-refractivity contribution in [3.63, 3.8) is 0 Å². The van der Waals surface area contributed by atoms with Crippen LogP contribution in [-0.2, 0) is 22.0 Å². The molecule has 0 fully saturated rings. The minimum Gasteiger partial charge on any atom is -0.236 e. The molecule has 0 aliphatic rings. The smallest absolute Gasteiger partial charge is 0.154 e. The molecule has 0 amide bonds. The molecule has 0 aliphatic carbocycles. The Morgan fingerprint density at radius 2 is 2.00 bits per heavy atom. The standard InChI is InChI=1S/C8H10BrClN2O2S/c1-3-5-7(9)8(10)12-6(11-5)4-15(2,13)14/h3-4H2,1-2H3. The van der Waals surface area contributed by atoms with E-state index < -0.39 is 9.84 Å². The molecule has 0 N–H and O–H groups in total. The normalized spacial score (nSPS) is 11.7. The number of hydrogen-bond acceptors (Lipinski definition) is 4. The third kappa shape index (κ3) is 3.70. The molecule has 1 rings (SSSR count). The summed E-state index contributed by atoms with van der Waals surface area (Å²) in [4.78, 5) is 8.01. The first kappa shape index (κ1) is 12.9. The number of aromatic nitrogens is 2. The molecule has 0 saturated heterocycles. The van der Waals surface area contributed by atoms with Crippen LogP contribution in [-0.4, -0.2) is 24.6 Å². The third-order valence-electron chi connectivity index (χ3n) is 1.65. The minimum absolute atomic E-state index is 0.188. The van der Waals surface area contributed by atoms with Crippen LogP contribution in [0.5, 0.6) is 0 Å². The van der Waals surface area contributed by atoms with Crippen LogP contribution >= 0.6 is 27.5 Å². The van der Waals surface area contributed by atoms with Crippen molar-refractivity contribution in [2.24, 2.45) is 0 Å². The first-order valence-corrected chi connectivity index (χ1v) is 7.45. The predicted molar refractivity (Wildman–Crippen MR) is 62.7 cm³/mol. The summed E-state index contributed by atoms with van der Waals surface area (Å²) in [6.07, 6.45) is 1.80. The van der Waals surface area contributed by atoms with Gasteiger partial charge in [-0.25, -0.2) is 18.4 Å². The Hall–Kier alpha value is -0.200. The van der Waals surface area contributed by atoms with Crippen LogP contribution in [0, 0.1) is 0 Å². The lowest BCUT2D eigenvalue weighted by atomic mass is 10.3. The van der Waals surface area contributed by atoms with Gasteiger partial charge >= 0.3 is 0 Å². The summed E-state index contributed by atoms with van der Waals surface area (Å²) in [5.41, 5.74) is 0.716. The van der Waals surface area contributed by atoms with E-state index in [0.717, 1.165) is 6.26 Å². The van der Waals surface area contributed by atoms with Gasteiger partial charge in [-0.2, -0.15) is 0 Å². The highest BCUT2D eigenvalue weighted by Gasteiger charge is 2.13. The van der Waals surface area contributed by atoms with Crippen molar-refractivity contribution in [2.45, 2.75) is 19.1 Å². The van der Waals surface area contributed by atoms with Crippen molar-refractivity contribution in [3.8, 4) is 0 Å². The molecule has 0 bridgehead atoms. The molecule has 1 aromatic heterocycles. The van der Waals surface area contributed by atoms with E-state index in [1.807, 2.05) is 6.92 Å². The Kier molecular flexibility index (Phi) is 4.08. The zero-order valence-corrected chi connectivity index (χ0v) is 11.4. The van der Waals surface area contributed by atoms with Crippen LogP contribution in [0.4, 0.5) is 0 Å². The van der Waals surface area contributed by atoms with Crippen molar-refractivity contribution in [2.75, 3.05) is 6.26 Å². The van der Waals surface area contributed by atoms with Gasteiger partial charge in [-0.3, -0.25) is 0 Å². The zero-order chi connectivity index (χ0) is 11.6. The molecule has 0 radical (unpaired) electrons. The topological polar surface area (TPSA) is 59.9 Å². The first-order chi connectivity index (χ1) is 6.83. The molecular formula is C8H10BrClN2O2S. The molecule has 0 spiro atoms. The fourth-order valence-corrected chi connectivity index (χ4v) is 2.31. The second-order valence-corrected chi connectivity index (χ2v) is 6.41. The maximum Gasteiger partial charge on any atom is 0.154 e. The predicted octanol–water partition coefficient (Wildman–Crippen LogP) is 2.00. The molecule has 1 heterocycles. The Morgan fingerprint density at radius 1 is 1.40 bits per heavy atom. The molecule has 84 valence electrons. The van der Waals surface area contributed by atoms with Gasteiger partial charge in [0, 0.05) is 6.26 Å². The highest BCUT2D eigenvalue weighted by Crippen LogP contribution is 2.24. The number of aryl methyl sites for hydroxylation is 1. The fraction of sp³-hybridized carbons (Fsp3) is 0.500. The highest BCUT2D eigenvalue weighted by molar-refractivity contribution is 9.10. The van der Waals surface area contributed by atoms with Crippen LogP contribution in [0.1, 0.15) is 18.4 Å². The lowest BCUT2D eigenvalue weighted by Gasteiger charge is -2.05. The van der Waals surface area contributed by atoms with Gasteiger partial charge in [-0.1, -0.05) is 18.5 Å². The van der Waals surface area contributed by atoms with Crippen molar-refractivity contribution in [1.29, 1.82) is 0 Å². The molecule has 4 nitrogen and oxygen atoms in total. The van der Waals surface area contributed by atoms with E-state index in [1.54, 1.807) is 0 Å². The van der Waals surface area contributed by atoms with Crippen LogP contribution < -0.4 is 0 Å². The minimum atomic E-state index is -3.13. The van der Waals surface area contributed by atoms with E-state index in [2.05, 4.69) is 25.9 Å². The SMILES string of the molecule is CCc1nc(CS(C)(=O)=O)nc(Cl)c1Br. The maximum absolute atomic E-state index is 11.1. The molecule has 0 aliphatic heterocycles. The van der Waals surface area contributed by atoms with E-state index in [-0.39, 0.29) is 16.7 Å². The van der Waals surface area contributed by atoms with E-state index in [0.29, 0.717) is 16.6 Å². The average molecular weight is 314 g/mol. The lowest BCUT2D eigenvalue weighted by molar-refractivity contribution is 0.599. The van der Waals surface area contributed by atoms with E-state index >= 15 is 0 Å². The largest absolute Gasteiger partial charge is 0.236 e. The van der Waals surface area contributed by atoms with Gasteiger partial charge in [0.25, 0.3) is 0 Å². The summed E-state index contributed by atoms with van der Waals surface area (Å²) in [6, 6.07) is 0. The van der Waals surface area contributed by atoms with Gasteiger partial charge in [0.1, 0.15) is 16.7 Å². The molecule has 0 atom stereocenters. The summed E-state index contributed by atoms with van der Waals surface area (Å²) >= 11 is 9.08. The van der Waals surface area contributed by atoms with Crippen molar-refractivity contribution in [3.05, 3.63) is 21.1 Å². The Morgan fingerprint density at radius 3 is 2.47 bits per heavy atom. The highest BCUT2D eigenvalue weighted by atomic mass is 79.9. The molecule has 7 heteroatoms. The molecule has 0 aromatic carbocycles. The average Bonchev–Trinajstić information content (AvgIpc) is 2.08. The van der Waals surface area contributed by atoms with E-state index in [9.17, 15) is 8.42 Å². The van der Waals surface area contributed by atoms with Crippen LogP contribution in [0.2, 0.25) is 5.15 Å². The molecule has 0 unspecified atom stereocenters. The summed E-state index contributed by atoms with van der Waals surface area (Å²) < 4.78 is 22.8. The number of hydrogen-bond donors (Lipinski definition) is 0. The van der Waals surface area contributed by atoms with Gasteiger partial charge in [0.15, 0.2) is 9.84 Å². The van der Waals surface area contributed by atoms with Gasteiger partial charge in [0.05, 0.1) is 10.2 Å². The summed E-state index contributed by atoms with van der Waals surface area (Å²) in [6.45, 7) is 1.91. The molecular weight excluding hydrogens is 304 g/mol. The zero-order valence-electron chi connectivity index (χ0n) is 8.29. The van der Waals surface area contributed by atoms with Crippen LogP contribution in [0.25, 0.3) is 0 Å². The number of sulfone groups is 1. The first-order valence-electron chi connectivity index (χ1n) is 4.22. The molecule has 0 saturated carbocycles. The number of halogens is 2. The van der Waals surface area contributed by atoms with Crippen molar-refractivity contribution in [1.82, 2.24) is 9.97 Å². The Labute approximate surface area is 102 Å². The van der Waals surface area contributed by atoms with Crippen LogP contribution in [0.3, 0.4) is 0 Å². The monoisotopic (exact) mass is 312 g/mol. The Balaban J connectivity index is 3.17. The second-order valence-electron chi connectivity index (χ2n) is 3.11. The van der Waals surface area contributed by atoms with Crippen molar-refractivity contribution >= 4 is 37.4 Å². The number of rotatable bonds is 3. The Bertz CT molecular complexity index is 476. The van der Waals surface area contributed by atoms with Gasteiger partial charge in [0.2, 0.25) is 0 Å². The summed E-state index contributed by atoms with van der Waals surface area (Å²) in [7, 11) is -3.13. The molecule has 15 heavy (non-hydrogen) atoms. The van der Waals surface area contributed by atoms with Gasteiger partial charge in [-0.05, 0) is 22.4 Å². The molecule has 1 aromatic rings. The van der Waals surface area contributed by atoms with E-state index in [1.165, 1.54) is 0 Å². The summed E-state index contributed by atoms with van der Waals surface area (Å²) in [5.74, 6) is 0.0510. The second kappa shape index (κ2) is 4.76. The quantitative estimate of drug-likeness (QED) is 0.801. The third-order valence-corrected chi connectivity index (χ3v) is 3.77. The lowest BCUT2D eigenvalue weighted by Crippen LogP contribution is -2.07. The van der Waals surface area contributed by atoms with Gasteiger partial charge in [-0.15, -0.1) is 0 Å². The van der Waals surface area contributed by atoms with Crippen molar-refractivity contribution < 1.29 is 8.42 Å². The van der Waals surface area contributed by atoms with Gasteiger partial charge < -0.3 is 0 Å². The van der Waals surface area contributed by atoms with E-state index in [4.69, 9.17) is 11.6 Å². The van der Waals surface area contributed by atoms with Crippen LogP contribution in [0.15, 0.2) is 4.47 Å². The number of nitrogens with zero attached hydrogens (tertiary/aromatic N) is 2.